The Kier molecular flexibility index (Phi) is 6.94. The molecular formula is C22H26O12. The standard InChI is InChI=1S/C22H26O12/c23-8-11-7-14(33-19(29)10-1-3-12(25)4-2-10)22(30)5-6-31-20(15(11)22)34-21-18(28)17(27)16(26)13(9-24)32-21/h1-7,13-18,20-21,23-28,30H,8-9H2/t13-,14+,15-,16+,17+,18+,20+,21-,22-/m0/s1. The molecule has 186 valence electrons. The van der Waals surface area contributed by atoms with Gasteiger partial charge in [-0.1, -0.05) is 0 Å². The third-order valence-electron chi connectivity index (χ3n) is 6.18. The number of rotatable bonds is 6. The van der Waals surface area contributed by atoms with Crippen LogP contribution in [0.1, 0.15) is 10.4 Å². The minimum absolute atomic E-state index is 0.0425. The lowest BCUT2D eigenvalue weighted by Crippen LogP contribution is -2.61. The number of ether oxygens (including phenoxy) is 4. The van der Waals surface area contributed by atoms with Crippen LogP contribution in [0, 0.1) is 5.92 Å². The van der Waals surface area contributed by atoms with Gasteiger partial charge in [0.1, 0.15) is 35.8 Å². The lowest BCUT2D eigenvalue weighted by molar-refractivity contribution is -0.344. The highest BCUT2D eigenvalue weighted by Gasteiger charge is 2.57. The number of phenolic OH excluding ortho intramolecular Hbond substituents is 1. The Balaban J connectivity index is 1.54. The summed E-state index contributed by atoms with van der Waals surface area (Å²) in [4.78, 5) is 12.6. The first-order valence-corrected chi connectivity index (χ1v) is 10.5. The monoisotopic (exact) mass is 482 g/mol. The first kappa shape index (κ1) is 24.6. The number of carbonyl (C=O) groups is 1. The molecule has 1 fully saturated rings. The van der Waals surface area contributed by atoms with Crippen LogP contribution in [0.15, 0.2) is 48.3 Å². The van der Waals surface area contributed by atoms with Gasteiger partial charge in [-0.2, -0.15) is 0 Å². The van der Waals surface area contributed by atoms with Crippen molar-refractivity contribution < 1.29 is 59.5 Å². The number of aliphatic hydroxyl groups is 6. The highest BCUT2D eigenvalue weighted by atomic mass is 16.8. The van der Waals surface area contributed by atoms with Gasteiger partial charge in [0.25, 0.3) is 0 Å². The van der Waals surface area contributed by atoms with E-state index in [1.165, 1.54) is 36.4 Å². The van der Waals surface area contributed by atoms with Crippen LogP contribution in [-0.2, 0) is 18.9 Å². The number of phenols is 1. The molecule has 3 aliphatic rings. The number of benzene rings is 1. The van der Waals surface area contributed by atoms with E-state index < -0.39 is 73.8 Å². The molecule has 34 heavy (non-hydrogen) atoms. The van der Waals surface area contributed by atoms with Gasteiger partial charge < -0.3 is 54.7 Å². The first-order valence-electron chi connectivity index (χ1n) is 10.5. The number of aromatic hydroxyl groups is 1. The Labute approximate surface area is 193 Å². The number of carbonyl (C=O) groups excluding carboxylic acids is 1. The van der Waals surface area contributed by atoms with Crippen LogP contribution in [0.5, 0.6) is 5.75 Å². The molecule has 0 aromatic heterocycles. The Bertz CT molecular complexity index is 944. The molecule has 0 radical (unpaired) electrons. The Morgan fingerprint density at radius 3 is 2.38 bits per heavy atom. The predicted molar refractivity (Wildman–Crippen MR) is 110 cm³/mol. The van der Waals surface area contributed by atoms with Crippen molar-refractivity contribution in [3.63, 3.8) is 0 Å². The third kappa shape index (κ3) is 4.30. The summed E-state index contributed by atoms with van der Waals surface area (Å²) in [7, 11) is 0. The van der Waals surface area contributed by atoms with E-state index in [4.69, 9.17) is 18.9 Å². The molecule has 2 aliphatic heterocycles. The van der Waals surface area contributed by atoms with Crippen molar-refractivity contribution in [1.29, 1.82) is 0 Å². The minimum Gasteiger partial charge on any atom is -0.508 e. The fourth-order valence-electron chi connectivity index (χ4n) is 4.28. The van der Waals surface area contributed by atoms with Gasteiger partial charge in [0, 0.05) is 0 Å². The van der Waals surface area contributed by atoms with E-state index in [0.29, 0.717) is 0 Å². The van der Waals surface area contributed by atoms with Crippen LogP contribution in [-0.4, -0.2) is 104 Å². The lowest BCUT2D eigenvalue weighted by atomic mass is 9.83. The molecule has 7 N–H and O–H groups in total. The van der Waals surface area contributed by atoms with Crippen LogP contribution in [0.3, 0.4) is 0 Å². The first-order chi connectivity index (χ1) is 16.2. The van der Waals surface area contributed by atoms with Crippen LogP contribution >= 0.6 is 0 Å². The maximum Gasteiger partial charge on any atom is 0.338 e. The Morgan fingerprint density at radius 2 is 1.74 bits per heavy atom. The molecule has 1 aliphatic carbocycles. The van der Waals surface area contributed by atoms with Gasteiger partial charge in [-0.15, -0.1) is 0 Å². The summed E-state index contributed by atoms with van der Waals surface area (Å²) >= 11 is 0. The van der Waals surface area contributed by atoms with Gasteiger partial charge in [0.2, 0.25) is 6.29 Å². The van der Waals surface area contributed by atoms with Gasteiger partial charge in [0.15, 0.2) is 12.4 Å². The second-order valence-corrected chi connectivity index (χ2v) is 8.28. The van der Waals surface area contributed by atoms with Crippen molar-refractivity contribution in [2.24, 2.45) is 5.92 Å². The molecule has 0 amide bonds. The molecule has 0 unspecified atom stereocenters. The van der Waals surface area contributed by atoms with E-state index in [2.05, 4.69) is 0 Å². The summed E-state index contributed by atoms with van der Waals surface area (Å²) in [6.45, 7) is -1.22. The molecule has 0 bridgehead atoms. The van der Waals surface area contributed by atoms with E-state index in [0.717, 1.165) is 6.26 Å². The van der Waals surface area contributed by atoms with Gasteiger partial charge in [0.05, 0.1) is 31.0 Å². The summed E-state index contributed by atoms with van der Waals surface area (Å²) in [6.07, 6.45) is -6.71. The summed E-state index contributed by atoms with van der Waals surface area (Å²) < 4.78 is 21.9. The van der Waals surface area contributed by atoms with Crippen molar-refractivity contribution in [3.8, 4) is 5.75 Å². The quantitative estimate of drug-likeness (QED) is 0.172. The normalized spacial score (nSPS) is 39.2. The summed E-state index contributed by atoms with van der Waals surface area (Å²) in [5.74, 6) is -1.94. The van der Waals surface area contributed by atoms with Crippen LogP contribution in [0.2, 0.25) is 0 Å². The van der Waals surface area contributed by atoms with Crippen molar-refractivity contribution in [3.05, 3.63) is 53.8 Å². The molecule has 1 saturated heterocycles. The lowest BCUT2D eigenvalue weighted by Gasteiger charge is -2.44. The molecule has 0 saturated carbocycles. The topological polar surface area (TPSA) is 196 Å². The number of hydrogen-bond donors (Lipinski definition) is 7. The van der Waals surface area contributed by atoms with Crippen LogP contribution in [0.4, 0.5) is 0 Å². The molecule has 1 aromatic carbocycles. The smallest absolute Gasteiger partial charge is 0.338 e. The van der Waals surface area contributed by atoms with Crippen molar-refractivity contribution in [2.45, 2.75) is 48.7 Å². The van der Waals surface area contributed by atoms with Crippen molar-refractivity contribution in [2.75, 3.05) is 13.2 Å². The van der Waals surface area contributed by atoms with Gasteiger partial charge in [-0.05, 0) is 42.0 Å². The maximum atomic E-state index is 12.6. The second-order valence-electron chi connectivity index (χ2n) is 8.28. The average Bonchev–Trinajstić information content (AvgIpc) is 3.11. The SMILES string of the molecule is O=C(O[C@@H]1C=C(CO)[C@H]2[C@@H](O[C@@H]3O[C@@H](CO)[C@@H](O)[C@@H](O)[C@H]3O)OC=C[C@]12O)c1ccc(O)cc1. The molecule has 0 spiro atoms. The largest absolute Gasteiger partial charge is 0.508 e. The number of hydrogen-bond acceptors (Lipinski definition) is 12. The maximum absolute atomic E-state index is 12.6. The van der Waals surface area contributed by atoms with Gasteiger partial charge >= 0.3 is 5.97 Å². The number of esters is 1. The molecular weight excluding hydrogens is 456 g/mol. The van der Waals surface area contributed by atoms with E-state index in [1.54, 1.807) is 0 Å². The third-order valence-corrected chi connectivity index (χ3v) is 6.18. The zero-order valence-corrected chi connectivity index (χ0v) is 17.7. The summed E-state index contributed by atoms with van der Waals surface area (Å²) in [5.41, 5.74) is -1.57. The van der Waals surface area contributed by atoms with Gasteiger partial charge in [-0.25, -0.2) is 4.79 Å². The second kappa shape index (κ2) is 9.60. The molecule has 12 nitrogen and oxygen atoms in total. The van der Waals surface area contributed by atoms with E-state index in [1.807, 2.05) is 0 Å². The highest BCUT2D eigenvalue weighted by molar-refractivity contribution is 5.89. The predicted octanol–water partition coefficient (Wildman–Crippen LogP) is -2.12. The fourth-order valence-corrected chi connectivity index (χ4v) is 4.28. The summed E-state index contributed by atoms with van der Waals surface area (Å²) in [5, 5.41) is 70.3. The zero-order valence-electron chi connectivity index (χ0n) is 17.7. The van der Waals surface area contributed by atoms with E-state index >= 15 is 0 Å². The highest BCUT2D eigenvalue weighted by Crippen LogP contribution is 2.45. The molecule has 1 aromatic rings. The average molecular weight is 482 g/mol. The molecule has 4 rings (SSSR count). The minimum atomic E-state index is -1.90. The van der Waals surface area contributed by atoms with E-state index in [9.17, 15) is 40.5 Å². The van der Waals surface area contributed by atoms with Gasteiger partial charge in [-0.3, -0.25) is 0 Å². The number of aliphatic hydroxyl groups excluding tert-OH is 5. The van der Waals surface area contributed by atoms with Crippen LogP contribution in [0.25, 0.3) is 0 Å². The molecule has 2 heterocycles. The Hall–Kier alpha value is -2.55. The van der Waals surface area contributed by atoms with Crippen molar-refractivity contribution >= 4 is 5.97 Å². The zero-order chi connectivity index (χ0) is 24.6. The summed E-state index contributed by atoms with van der Waals surface area (Å²) in [6, 6.07) is 5.29. The Morgan fingerprint density at radius 1 is 1.03 bits per heavy atom. The van der Waals surface area contributed by atoms with Crippen molar-refractivity contribution in [1.82, 2.24) is 0 Å². The van der Waals surface area contributed by atoms with Crippen LogP contribution < -0.4 is 0 Å². The number of fused-ring (bicyclic) bond motifs is 1. The molecule has 9 atom stereocenters. The fraction of sp³-hybridized carbons (Fsp3) is 0.500. The molecule has 12 heteroatoms. The van der Waals surface area contributed by atoms with E-state index in [-0.39, 0.29) is 16.9 Å².